The molecule has 2 N–H and O–H groups in total. The molecule has 2 heterocycles. The number of aromatic nitrogens is 1. The molecule has 0 radical (unpaired) electrons. The van der Waals surface area contributed by atoms with Crippen LogP contribution in [0.25, 0.3) is 0 Å². The fourth-order valence-corrected chi connectivity index (χ4v) is 4.05. The summed E-state index contributed by atoms with van der Waals surface area (Å²) in [6.45, 7) is 11.2. The standard InChI is InChI=1S/C19H27N5OS/c1-4-20-19(21-13-18-14(2)22-15(3)26-18)24-11-9-23(10-12-24)16-7-5-6-8-17(16)25/h5-8,25H,4,9-13H2,1-3H3,(H,20,21). The van der Waals surface area contributed by atoms with E-state index in [1.807, 2.05) is 32.0 Å². The van der Waals surface area contributed by atoms with E-state index < -0.39 is 0 Å². The van der Waals surface area contributed by atoms with Crippen LogP contribution < -0.4 is 10.2 Å². The van der Waals surface area contributed by atoms with Crippen LogP contribution in [-0.4, -0.2) is 53.7 Å². The van der Waals surface area contributed by atoms with Crippen molar-refractivity contribution in [3.8, 4) is 5.75 Å². The summed E-state index contributed by atoms with van der Waals surface area (Å²) in [7, 11) is 0. The van der Waals surface area contributed by atoms with Gasteiger partial charge in [-0.15, -0.1) is 11.3 Å². The Labute approximate surface area is 159 Å². The summed E-state index contributed by atoms with van der Waals surface area (Å²) in [6.07, 6.45) is 0. The minimum atomic E-state index is 0.345. The Hall–Kier alpha value is -2.28. The highest BCUT2D eigenvalue weighted by Crippen LogP contribution is 2.27. The number of thiazole rings is 1. The Morgan fingerprint density at radius 3 is 2.58 bits per heavy atom. The van der Waals surface area contributed by atoms with E-state index in [9.17, 15) is 5.11 Å². The zero-order valence-corrected chi connectivity index (χ0v) is 16.5. The zero-order chi connectivity index (χ0) is 18.5. The number of nitrogens with one attached hydrogen (secondary N) is 1. The number of rotatable bonds is 4. The number of anilines is 1. The number of guanidine groups is 1. The normalized spacial score (nSPS) is 15.4. The number of piperazine rings is 1. The first-order chi connectivity index (χ1) is 12.6. The first-order valence-corrected chi connectivity index (χ1v) is 9.89. The number of phenolic OH excluding ortho intramolecular Hbond substituents is 1. The predicted molar refractivity (Wildman–Crippen MR) is 108 cm³/mol. The number of para-hydroxylation sites is 2. The molecule has 0 spiro atoms. The molecule has 1 aromatic carbocycles. The molecular formula is C19H27N5OS. The largest absolute Gasteiger partial charge is 0.506 e. The van der Waals surface area contributed by atoms with Crippen LogP contribution in [0.1, 0.15) is 22.5 Å². The third-order valence-electron chi connectivity index (χ3n) is 4.51. The average molecular weight is 374 g/mol. The van der Waals surface area contributed by atoms with Gasteiger partial charge in [-0.05, 0) is 32.9 Å². The second-order valence-electron chi connectivity index (χ2n) is 6.37. The van der Waals surface area contributed by atoms with Gasteiger partial charge < -0.3 is 20.2 Å². The van der Waals surface area contributed by atoms with Crippen molar-refractivity contribution >= 4 is 23.0 Å². The van der Waals surface area contributed by atoms with Crippen molar-refractivity contribution in [2.24, 2.45) is 4.99 Å². The zero-order valence-electron chi connectivity index (χ0n) is 15.7. The number of aliphatic imine (C=N–C) groups is 1. The molecule has 140 valence electrons. The molecule has 0 atom stereocenters. The molecule has 0 aliphatic carbocycles. The maximum atomic E-state index is 10.1. The lowest BCUT2D eigenvalue weighted by molar-refractivity contribution is 0.370. The fraction of sp³-hybridized carbons (Fsp3) is 0.474. The molecule has 3 rings (SSSR count). The Balaban J connectivity index is 1.65. The topological polar surface area (TPSA) is 64.0 Å². The van der Waals surface area contributed by atoms with E-state index in [0.717, 1.165) is 55.1 Å². The van der Waals surface area contributed by atoms with Crippen molar-refractivity contribution in [1.29, 1.82) is 0 Å². The van der Waals surface area contributed by atoms with Gasteiger partial charge in [-0.25, -0.2) is 9.98 Å². The van der Waals surface area contributed by atoms with Gasteiger partial charge in [-0.1, -0.05) is 12.1 Å². The number of hydrogen-bond donors (Lipinski definition) is 2. The lowest BCUT2D eigenvalue weighted by atomic mass is 10.2. The molecule has 1 aliphatic rings. The van der Waals surface area contributed by atoms with Gasteiger partial charge in [0, 0.05) is 37.6 Å². The Morgan fingerprint density at radius 2 is 1.96 bits per heavy atom. The van der Waals surface area contributed by atoms with Crippen molar-refractivity contribution in [3.63, 3.8) is 0 Å². The highest BCUT2D eigenvalue weighted by atomic mass is 32.1. The minimum absolute atomic E-state index is 0.345. The predicted octanol–water partition coefficient (Wildman–Crippen LogP) is 2.75. The molecule has 26 heavy (non-hydrogen) atoms. The number of aromatic hydroxyl groups is 1. The lowest BCUT2D eigenvalue weighted by Gasteiger charge is -2.37. The summed E-state index contributed by atoms with van der Waals surface area (Å²) in [5, 5.41) is 14.6. The second kappa shape index (κ2) is 8.40. The van der Waals surface area contributed by atoms with Gasteiger partial charge in [-0.2, -0.15) is 0 Å². The van der Waals surface area contributed by atoms with E-state index in [1.165, 1.54) is 4.88 Å². The third kappa shape index (κ3) is 4.27. The van der Waals surface area contributed by atoms with Gasteiger partial charge >= 0.3 is 0 Å². The SMILES string of the molecule is CCNC(=NCc1sc(C)nc1C)N1CCN(c2ccccc2O)CC1. The molecule has 1 fully saturated rings. The van der Waals surface area contributed by atoms with Gasteiger partial charge in [-0.3, -0.25) is 0 Å². The van der Waals surface area contributed by atoms with Crippen molar-refractivity contribution in [2.45, 2.75) is 27.3 Å². The average Bonchev–Trinajstić information content (AvgIpc) is 2.96. The molecule has 0 saturated carbocycles. The van der Waals surface area contributed by atoms with Crippen molar-refractivity contribution in [1.82, 2.24) is 15.2 Å². The van der Waals surface area contributed by atoms with Gasteiger partial charge in [0.05, 0.1) is 22.9 Å². The van der Waals surface area contributed by atoms with Crippen molar-refractivity contribution in [3.05, 3.63) is 39.8 Å². The molecule has 6 nitrogen and oxygen atoms in total. The van der Waals surface area contributed by atoms with E-state index in [-0.39, 0.29) is 0 Å². The third-order valence-corrected chi connectivity index (χ3v) is 5.57. The Bertz CT molecular complexity index is 765. The molecule has 1 aliphatic heterocycles. The summed E-state index contributed by atoms with van der Waals surface area (Å²) in [5.74, 6) is 1.30. The molecule has 7 heteroatoms. The Morgan fingerprint density at radius 1 is 1.23 bits per heavy atom. The van der Waals surface area contributed by atoms with Gasteiger partial charge in [0.15, 0.2) is 5.96 Å². The number of phenols is 1. The van der Waals surface area contributed by atoms with E-state index in [0.29, 0.717) is 12.3 Å². The van der Waals surface area contributed by atoms with Crippen LogP contribution in [0.3, 0.4) is 0 Å². The van der Waals surface area contributed by atoms with Gasteiger partial charge in [0.25, 0.3) is 0 Å². The molecule has 0 unspecified atom stereocenters. The maximum absolute atomic E-state index is 10.1. The quantitative estimate of drug-likeness (QED) is 0.637. The first-order valence-electron chi connectivity index (χ1n) is 9.07. The van der Waals surface area contributed by atoms with Crippen LogP contribution in [0.4, 0.5) is 5.69 Å². The van der Waals surface area contributed by atoms with Gasteiger partial charge in [0.1, 0.15) is 5.75 Å². The summed E-state index contributed by atoms with van der Waals surface area (Å²) < 4.78 is 0. The number of hydrogen-bond acceptors (Lipinski definition) is 5. The highest BCUT2D eigenvalue weighted by Gasteiger charge is 2.21. The maximum Gasteiger partial charge on any atom is 0.194 e. The monoisotopic (exact) mass is 373 g/mol. The molecule has 2 aromatic rings. The van der Waals surface area contributed by atoms with Crippen LogP contribution in [0.15, 0.2) is 29.3 Å². The van der Waals surface area contributed by atoms with Gasteiger partial charge in [0.2, 0.25) is 0 Å². The molecule has 0 amide bonds. The van der Waals surface area contributed by atoms with E-state index in [4.69, 9.17) is 4.99 Å². The molecule has 1 saturated heterocycles. The molecule has 1 aromatic heterocycles. The van der Waals surface area contributed by atoms with Crippen LogP contribution in [0, 0.1) is 13.8 Å². The van der Waals surface area contributed by atoms with Crippen LogP contribution >= 0.6 is 11.3 Å². The number of benzene rings is 1. The Kier molecular flexibility index (Phi) is 5.98. The minimum Gasteiger partial charge on any atom is -0.506 e. The second-order valence-corrected chi connectivity index (χ2v) is 7.66. The van der Waals surface area contributed by atoms with E-state index in [1.54, 1.807) is 17.4 Å². The lowest BCUT2D eigenvalue weighted by Crippen LogP contribution is -2.52. The summed E-state index contributed by atoms with van der Waals surface area (Å²) in [4.78, 5) is 15.1. The summed E-state index contributed by atoms with van der Waals surface area (Å²) >= 11 is 1.72. The highest BCUT2D eigenvalue weighted by molar-refractivity contribution is 7.11. The smallest absolute Gasteiger partial charge is 0.194 e. The fourth-order valence-electron chi connectivity index (χ4n) is 3.18. The van der Waals surface area contributed by atoms with Crippen LogP contribution in [-0.2, 0) is 6.54 Å². The van der Waals surface area contributed by atoms with E-state index in [2.05, 4.69) is 27.0 Å². The number of nitrogens with zero attached hydrogens (tertiary/aromatic N) is 4. The van der Waals surface area contributed by atoms with Crippen molar-refractivity contribution < 1.29 is 5.11 Å². The summed E-state index contributed by atoms with van der Waals surface area (Å²) in [5.41, 5.74) is 1.99. The molecule has 0 bridgehead atoms. The van der Waals surface area contributed by atoms with Crippen LogP contribution in [0.2, 0.25) is 0 Å². The van der Waals surface area contributed by atoms with Crippen molar-refractivity contribution in [2.75, 3.05) is 37.6 Å². The summed E-state index contributed by atoms with van der Waals surface area (Å²) in [6, 6.07) is 7.53. The van der Waals surface area contributed by atoms with Crippen LogP contribution in [0.5, 0.6) is 5.75 Å². The van der Waals surface area contributed by atoms with E-state index >= 15 is 0 Å². The molecular weight excluding hydrogens is 346 g/mol. The number of aryl methyl sites for hydroxylation is 2. The first kappa shape index (κ1) is 18.5.